The minimum absolute atomic E-state index is 0.161. The topological polar surface area (TPSA) is 95.0 Å². The van der Waals surface area contributed by atoms with Crippen molar-refractivity contribution in [3.63, 3.8) is 0 Å². The summed E-state index contributed by atoms with van der Waals surface area (Å²) in [5.74, 6) is 1.94. The van der Waals surface area contributed by atoms with Gasteiger partial charge in [0.15, 0.2) is 11.5 Å². The molecule has 1 saturated heterocycles. The number of hydrogen-bond donors (Lipinski definition) is 1. The zero-order chi connectivity index (χ0) is 22.6. The number of aromatic nitrogens is 2. The Morgan fingerprint density at radius 1 is 1.12 bits per heavy atom. The number of benzene rings is 1. The van der Waals surface area contributed by atoms with Crippen LogP contribution in [0.15, 0.2) is 42.6 Å². The van der Waals surface area contributed by atoms with E-state index in [9.17, 15) is 4.79 Å². The average molecular weight is 450 g/mol. The van der Waals surface area contributed by atoms with E-state index in [2.05, 4.69) is 15.3 Å². The summed E-state index contributed by atoms with van der Waals surface area (Å²) in [5.41, 5.74) is 3.58. The molecule has 0 bridgehead atoms. The lowest BCUT2D eigenvalue weighted by Gasteiger charge is -2.21. The van der Waals surface area contributed by atoms with Crippen molar-refractivity contribution in [3.05, 3.63) is 48.2 Å². The number of pyridine rings is 2. The second-order valence-corrected chi connectivity index (χ2v) is 7.92. The van der Waals surface area contributed by atoms with Crippen LogP contribution < -0.4 is 24.4 Å². The van der Waals surface area contributed by atoms with E-state index in [1.54, 1.807) is 18.2 Å². The van der Waals surface area contributed by atoms with E-state index in [4.69, 9.17) is 18.9 Å². The molecule has 33 heavy (non-hydrogen) atoms. The van der Waals surface area contributed by atoms with Crippen LogP contribution in [0.1, 0.15) is 12.0 Å². The molecule has 1 amide bonds. The molecule has 0 saturated carbocycles. The summed E-state index contributed by atoms with van der Waals surface area (Å²) >= 11 is 0. The van der Waals surface area contributed by atoms with Gasteiger partial charge in [-0.2, -0.15) is 0 Å². The first-order valence-corrected chi connectivity index (χ1v) is 11.1. The Hall–Kier alpha value is -3.59. The minimum Gasteiger partial charge on any atom is -0.486 e. The Morgan fingerprint density at radius 3 is 2.88 bits per heavy atom. The molecule has 4 heterocycles. The van der Waals surface area contributed by atoms with Gasteiger partial charge in [0.25, 0.3) is 0 Å². The lowest BCUT2D eigenvalue weighted by molar-refractivity contribution is 0.136. The Labute approximate surface area is 191 Å². The van der Waals surface area contributed by atoms with Gasteiger partial charge in [0, 0.05) is 18.3 Å². The van der Waals surface area contributed by atoms with Crippen LogP contribution in [0.5, 0.6) is 17.4 Å². The smallest absolute Gasteiger partial charge is 0.414 e. The first-order chi connectivity index (χ1) is 16.2. The number of hydrogen-bond acceptors (Lipinski definition) is 8. The lowest BCUT2D eigenvalue weighted by atomic mass is 10.1. The Morgan fingerprint density at radius 2 is 2.00 bits per heavy atom. The van der Waals surface area contributed by atoms with Gasteiger partial charge in [0.2, 0.25) is 5.88 Å². The molecular formula is C24H26N4O5. The fraction of sp³-hybridized carbons (Fsp3) is 0.375. The van der Waals surface area contributed by atoms with E-state index in [1.807, 2.05) is 36.4 Å². The summed E-state index contributed by atoms with van der Waals surface area (Å²) in [6, 6.07) is 11.2. The molecule has 3 aromatic rings. The summed E-state index contributed by atoms with van der Waals surface area (Å²) < 4.78 is 22.0. The Bertz CT molecular complexity index is 1150. The second-order valence-electron chi connectivity index (χ2n) is 7.92. The van der Waals surface area contributed by atoms with Crippen molar-refractivity contribution in [1.82, 2.24) is 15.3 Å². The van der Waals surface area contributed by atoms with E-state index < -0.39 is 0 Å². The molecule has 2 aliphatic rings. The number of carbonyl (C=O) groups is 1. The molecule has 0 unspecified atom stereocenters. The van der Waals surface area contributed by atoms with Crippen molar-refractivity contribution in [2.75, 3.05) is 44.9 Å². The zero-order valence-electron chi connectivity index (χ0n) is 18.5. The van der Waals surface area contributed by atoms with Crippen LogP contribution in [0, 0.1) is 0 Å². The van der Waals surface area contributed by atoms with Crippen LogP contribution in [0.3, 0.4) is 0 Å². The van der Waals surface area contributed by atoms with Gasteiger partial charge in [-0.15, -0.1) is 0 Å². The van der Waals surface area contributed by atoms with Gasteiger partial charge in [-0.05, 0) is 55.8 Å². The second kappa shape index (κ2) is 9.50. The number of carbonyl (C=O) groups excluding carboxylic acids is 1. The quantitative estimate of drug-likeness (QED) is 0.524. The zero-order valence-corrected chi connectivity index (χ0v) is 18.5. The molecule has 1 fully saturated rings. The molecule has 1 aromatic carbocycles. The highest BCUT2D eigenvalue weighted by atomic mass is 16.6. The Kier molecular flexibility index (Phi) is 6.12. The number of amides is 1. The summed E-state index contributed by atoms with van der Waals surface area (Å²) in [5, 5.41) is 3.44. The molecule has 0 radical (unpaired) electrons. The third kappa shape index (κ3) is 4.63. The molecule has 5 rings (SSSR count). The maximum Gasteiger partial charge on any atom is 0.414 e. The molecule has 172 valence electrons. The molecule has 0 aliphatic carbocycles. The van der Waals surface area contributed by atoms with Crippen molar-refractivity contribution in [3.8, 4) is 17.4 Å². The van der Waals surface area contributed by atoms with Crippen LogP contribution in [0.4, 0.5) is 10.5 Å². The predicted molar refractivity (Wildman–Crippen MR) is 122 cm³/mol. The maximum atomic E-state index is 12.4. The SMILES string of the molecule is COc1ccc2nccc(CCNCC[C@@H]3CN(c4ccc5c(c4)OCCO5)C(=O)O3)c2n1. The normalized spacial score (nSPS) is 17.3. The average Bonchev–Trinajstić information content (AvgIpc) is 3.23. The van der Waals surface area contributed by atoms with Crippen molar-refractivity contribution < 1.29 is 23.7 Å². The first-order valence-electron chi connectivity index (χ1n) is 11.1. The van der Waals surface area contributed by atoms with Gasteiger partial charge in [-0.3, -0.25) is 9.88 Å². The first kappa shape index (κ1) is 21.3. The molecule has 0 spiro atoms. The highest BCUT2D eigenvalue weighted by Crippen LogP contribution is 2.35. The van der Waals surface area contributed by atoms with Gasteiger partial charge in [0.1, 0.15) is 19.3 Å². The van der Waals surface area contributed by atoms with E-state index in [0.717, 1.165) is 48.2 Å². The van der Waals surface area contributed by atoms with Crippen molar-refractivity contribution in [1.29, 1.82) is 0 Å². The standard InChI is InChI=1S/C24H26N4O5/c1-30-22-5-3-19-23(27-22)16(7-11-26-19)6-9-25-10-8-18-15-28(24(29)33-18)17-2-4-20-21(14-17)32-13-12-31-20/h2-5,7,11,14,18,25H,6,8-10,12-13,15H2,1H3/t18-/m1/s1. The van der Waals surface area contributed by atoms with Gasteiger partial charge in [0.05, 0.1) is 30.4 Å². The van der Waals surface area contributed by atoms with E-state index in [0.29, 0.717) is 37.1 Å². The highest BCUT2D eigenvalue weighted by molar-refractivity contribution is 5.90. The van der Waals surface area contributed by atoms with Crippen LogP contribution in [0.25, 0.3) is 11.0 Å². The van der Waals surface area contributed by atoms with Crippen LogP contribution >= 0.6 is 0 Å². The molecular weight excluding hydrogens is 424 g/mol. The highest BCUT2D eigenvalue weighted by Gasteiger charge is 2.32. The van der Waals surface area contributed by atoms with Crippen molar-refractivity contribution in [2.45, 2.75) is 18.9 Å². The summed E-state index contributed by atoms with van der Waals surface area (Å²) in [6.07, 6.45) is 2.85. The molecule has 2 aliphatic heterocycles. The fourth-order valence-electron chi connectivity index (χ4n) is 4.07. The molecule has 1 atom stereocenters. The minimum atomic E-state index is -0.333. The van der Waals surface area contributed by atoms with E-state index in [1.165, 1.54) is 0 Å². The maximum absolute atomic E-state index is 12.4. The summed E-state index contributed by atoms with van der Waals surface area (Å²) in [4.78, 5) is 22.9. The van der Waals surface area contributed by atoms with E-state index >= 15 is 0 Å². The largest absolute Gasteiger partial charge is 0.486 e. The van der Waals surface area contributed by atoms with Gasteiger partial charge < -0.3 is 24.3 Å². The third-order valence-corrected chi connectivity index (χ3v) is 5.78. The lowest BCUT2D eigenvalue weighted by Crippen LogP contribution is -2.27. The summed E-state index contributed by atoms with van der Waals surface area (Å²) in [7, 11) is 1.61. The van der Waals surface area contributed by atoms with Gasteiger partial charge in [-0.25, -0.2) is 9.78 Å². The fourth-order valence-corrected chi connectivity index (χ4v) is 4.07. The molecule has 9 heteroatoms. The number of anilines is 1. The van der Waals surface area contributed by atoms with Crippen LogP contribution in [-0.2, 0) is 11.2 Å². The number of nitrogens with zero attached hydrogens (tertiary/aromatic N) is 3. The summed E-state index contributed by atoms with van der Waals surface area (Å²) in [6.45, 7) is 3.08. The van der Waals surface area contributed by atoms with Crippen LogP contribution in [0.2, 0.25) is 0 Å². The number of cyclic esters (lactones) is 1. The number of rotatable bonds is 8. The molecule has 1 N–H and O–H groups in total. The monoisotopic (exact) mass is 450 g/mol. The van der Waals surface area contributed by atoms with E-state index in [-0.39, 0.29) is 12.2 Å². The number of methoxy groups -OCH3 is 1. The molecule has 9 nitrogen and oxygen atoms in total. The van der Waals surface area contributed by atoms with Gasteiger partial charge >= 0.3 is 6.09 Å². The Balaban J connectivity index is 1.11. The predicted octanol–water partition coefficient (Wildman–Crippen LogP) is 2.96. The third-order valence-electron chi connectivity index (χ3n) is 5.78. The van der Waals surface area contributed by atoms with Gasteiger partial charge in [-0.1, -0.05) is 0 Å². The number of fused-ring (bicyclic) bond motifs is 2. The van der Waals surface area contributed by atoms with Crippen molar-refractivity contribution >= 4 is 22.8 Å². The number of nitrogens with one attached hydrogen (secondary N) is 1. The number of ether oxygens (including phenoxy) is 4. The van der Waals surface area contributed by atoms with Crippen LogP contribution in [-0.4, -0.2) is 62.1 Å². The van der Waals surface area contributed by atoms with Crippen molar-refractivity contribution in [2.24, 2.45) is 0 Å². The molecule has 2 aromatic heterocycles.